The minimum absolute atomic E-state index is 0.877. The molecule has 4 rings (SSSR count). The molecule has 136 valence electrons. The van der Waals surface area contributed by atoms with Crippen LogP contribution in [-0.2, 0) is 6.54 Å². The Hall–Kier alpha value is -1.40. The number of rotatable bonds is 4. The zero-order chi connectivity index (χ0) is 17.1. The molecule has 2 saturated heterocycles. The second-order valence-electron chi connectivity index (χ2n) is 7.60. The van der Waals surface area contributed by atoms with E-state index in [1.54, 1.807) is 11.3 Å². The molecule has 6 heteroatoms. The number of likely N-dealkylation sites (tertiary alicyclic amines) is 1. The molecule has 0 N–H and O–H groups in total. The Morgan fingerprint density at radius 1 is 1.00 bits per heavy atom. The minimum Gasteiger partial charge on any atom is -0.347 e. The predicted octanol–water partition coefficient (Wildman–Crippen LogP) is 3.94. The summed E-state index contributed by atoms with van der Waals surface area (Å²) in [6.07, 6.45) is 10.0. The summed E-state index contributed by atoms with van der Waals surface area (Å²) in [4.78, 5) is 4.99. The van der Waals surface area contributed by atoms with Crippen molar-refractivity contribution in [2.75, 3.05) is 31.1 Å². The molecule has 2 aliphatic rings. The summed E-state index contributed by atoms with van der Waals surface area (Å²) >= 11 is 1.73. The Morgan fingerprint density at radius 3 is 2.48 bits per heavy atom. The fourth-order valence-corrected chi connectivity index (χ4v) is 4.79. The smallest absolute Gasteiger partial charge is 0.218 e. The summed E-state index contributed by atoms with van der Waals surface area (Å²) in [6, 6.07) is 4.36. The van der Waals surface area contributed by atoms with Crippen LogP contribution in [0.3, 0.4) is 0 Å². The van der Waals surface area contributed by atoms with Crippen LogP contribution in [0.15, 0.2) is 18.3 Å². The Balaban J connectivity index is 1.46. The van der Waals surface area contributed by atoms with E-state index in [4.69, 9.17) is 0 Å². The first-order chi connectivity index (χ1) is 12.3. The normalized spacial score (nSPS) is 20.8. The number of aromatic nitrogens is 3. The maximum atomic E-state index is 4.50. The molecule has 0 saturated carbocycles. The Labute approximate surface area is 154 Å². The predicted molar refractivity (Wildman–Crippen MR) is 104 cm³/mol. The quantitative estimate of drug-likeness (QED) is 0.828. The molecule has 0 amide bonds. The summed E-state index contributed by atoms with van der Waals surface area (Å²) in [6.45, 7) is 8.05. The van der Waals surface area contributed by atoms with E-state index in [0.29, 0.717) is 0 Å². The standard InChI is InChI=1S/C19H29N5S/c1-16-8-13-22(14-9-16)15-17-7-6-12-24(17)19-21-20-18(25-19)23-10-4-2-3-5-11-23/h6-7,12,16H,2-5,8-11,13-15H2,1H3. The molecule has 0 bridgehead atoms. The molecule has 4 heterocycles. The molecule has 2 aromatic rings. The van der Waals surface area contributed by atoms with E-state index in [1.807, 2.05) is 0 Å². The molecule has 2 fully saturated rings. The zero-order valence-corrected chi connectivity index (χ0v) is 16.0. The fourth-order valence-electron chi connectivity index (χ4n) is 3.88. The molecule has 2 aromatic heterocycles. The SMILES string of the molecule is CC1CCN(Cc2cccn2-c2nnc(N3CCCCCC3)s2)CC1. The van der Waals surface area contributed by atoms with E-state index in [2.05, 4.69) is 49.8 Å². The first-order valence-corrected chi connectivity index (χ1v) is 10.6. The molecular formula is C19H29N5S. The average molecular weight is 360 g/mol. The van der Waals surface area contributed by atoms with Crippen LogP contribution in [-0.4, -0.2) is 45.8 Å². The van der Waals surface area contributed by atoms with Crippen LogP contribution >= 0.6 is 11.3 Å². The zero-order valence-electron chi connectivity index (χ0n) is 15.2. The molecule has 0 spiro atoms. The number of hydrogen-bond donors (Lipinski definition) is 0. The van der Waals surface area contributed by atoms with Crippen molar-refractivity contribution in [2.45, 2.75) is 52.0 Å². The molecule has 0 unspecified atom stereocenters. The lowest BCUT2D eigenvalue weighted by molar-refractivity contribution is 0.182. The molecule has 0 aliphatic carbocycles. The second-order valence-corrected chi connectivity index (χ2v) is 8.53. The third-order valence-corrected chi connectivity index (χ3v) is 6.56. The van der Waals surface area contributed by atoms with Gasteiger partial charge in [0.2, 0.25) is 10.3 Å². The van der Waals surface area contributed by atoms with E-state index < -0.39 is 0 Å². The number of nitrogens with zero attached hydrogens (tertiary/aromatic N) is 5. The molecule has 5 nitrogen and oxygen atoms in total. The van der Waals surface area contributed by atoms with Crippen LogP contribution in [0.4, 0.5) is 5.13 Å². The Morgan fingerprint density at radius 2 is 1.72 bits per heavy atom. The van der Waals surface area contributed by atoms with E-state index in [1.165, 1.54) is 57.3 Å². The van der Waals surface area contributed by atoms with Gasteiger partial charge in [0.05, 0.1) is 0 Å². The maximum Gasteiger partial charge on any atom is 0.218 e. The van der Waals surface area contributed by atoms with Gasteiger partial charge >= 0.3 is 0 Å². The highest BCUT2D eigenvalue weighted by molar-refractivity contribution is 7.17. The van der Waals surface area contributed by atoms with Crippen LogP contribution in [0, 0.1) is 5.92 Å². The lowest BCUT2D eigenvalue weighted by Crippen LogP contribution is -2.32. The minimum atomic E-state index is 0.877. The molecule has 2 aliphatic heterocycles. The Bertz CT molecular complexity index is 663. The first kappa shape index (κ1) is 17.0. The highest BCUT2D eigenvalue weighted by Crippen LogP contribution is 2.27. The van der Waals surface area contributed by atoms with Gasteiger partial charge in [-0.15, -0.1) is 10.2 Å². The van der Waals surface area contributed by atoms with Crippen LogP contribution in [0.1, 0.15) is 51.1 Å². The third-order valence-electron chi connectivity index (χ3n) is 5.58. The maximum absolute atomic E-state index is 4.50. The first-order valence-electron chi connectivity index (χ1n) is 9.77. The summed E-state index contributed by atoms with van der Waals surface area (Å²) < 4.78 is 2.23. The van der Waals surface area contributed by atoms with E-state index in [9.17, 15) is 0 Å². The summed E-state index contributed by atoms with van der Waals surface area (Å²) in [5, 5.41) is 11.1. The summed E-state index contributed by atoms with van der Waals surface area (Å²) in [7, 11) is 0. The van der Waals surface area contributed by atoms with Gasteiger partial charge in [-0.2, -0.15) is 0 Å². The topological polar surface area (TPSA) is 37.2 Å². The van der Waals surface area contributed by atoms with Gasteiger partial charge in [-0.25, -0.2) is 0 Å². The lowest BCUT2D eigenvalue weighted by Gasteiger charge is -2.30. The highest BCUT2D eigenvalue weighted by Gasteiger charge is 2.19. The number of piperidine rings is 1. The van der Waals surface area contributed by atoms with Crippen molar-refractivity contribution in [3.05, 3.63) is 24.0 Å². The van der Waals surface area contributed by atoms with Gasteiger partial charge in [-0.3, -0.25) is 9.47 Å². The van der Waals surface area contributed by atoms with Crippen molar-refractivity contribution in [1.29, 1.82) is 0 Å². The molecule has 0 atom stereocenters. The summed E-state index contributed by atoms with van der Waals surface area (Å²) in [5.41, 5.74) is 1.33. The monoisotopic (exact) mass is 359 g/mol. The number of hydrogen-bond acceptors (Lipinski definition) is 5. The van der Waals surface area contributed by atoms with Crippen molar-refractivity contribution >= 4 is 16.5 Å². The van der Waals surface area contributed by atoms with E-state index in [0.717, 1.165) is 35.8 Å². The van der Waals surface area contributed by atoms with Gasteiger partial charge in [0, 0.05) is 31.5 Å². The van der Waals surface area contributed by atoms with Crippen molar-refractivity contribution in [2.24, 2.45) is 5.92 Å². The fraction of sp³-hybridized carbons (Fsp3) is 0.684. The second kappa shape index (κ2) is 7.87. The van der Waals surface area contributed by atoms with Crippen LogP contribution < -0.4 is 4.90 Å². The van der Waals surface area contributed by atoms with Crippen molar-refractivity contribution < 1.29 is 0 Å². The van der Waals surface area contributed by atoms with E-state index in [-0.39, 0.29) is 0 Å². The van der Waals surface area contributed by atoms with Crippen molar-refractivity contribution in [3.63, 3.8) is 0 Å². The molecule has 25 heavy (non-hydrogen) atoms. The van der Waals surface area contributed by atoms with Gasteiger partial charge in [-0.05, 0) is 56.8 Å². The van der Waals surface area contributed by atoms with Gasteiger partial charge < -0.3 is 4.90 Å². The van der Waals surface area contributed by atoms with Gasteiger partial charge in [0.25, 0.3) is 0 Å². The molecular weight excluding hydrogens is 330 g/mol. The van der Waals surface area contributed by atoms with Gasteiger partial charge in [0.1, 0.15) is 0 Å². The highest BCUT2D eigenvalue weighted by atomic mass is 32.1. The van der Waals surface area contributed by atoms with Crippen LogP contribution in [0.5, 0.6) is 0 Å². The average Bonchev–Trinajstić information content (AvgIpc) is 3.20. The van der Waals surface area contributed by atoms with E-state index >= 15 is 0 Å². The third kappa shape index (κ3) is 4.06. The number of anilines is 1. The van der Waals surface area contributed by atoms with Gasteiger partial charge in [0.15, 0.2) is 0 Å². The Kier molecular flexibility index (Phi) is 5.36. The largest absolute Gasteiger partial charge is 0.347 e. The van der Waals surface area contributed by atoms with Crippen LogP contribution in [0.25, 0.3) is 5.13 Å². The van der Waals surface area contributed by atoms with Crippen molar-refractivity contribution in [1.82, 2.24) is 19.7 Å². The molecule has 0 aromatic carbocycles. The van der Waals surface area contributed by atoms with Crippen molar-refractivity contribution in [3.8, 4) is 5.13 Å². The molecule has 0 radical (unpaired) electrons. The van der Waals surface area contributed by atoms with Gasteiger partial charge in [-0.1, -0.05) is 31.1 Å². The van der Waals surface area contributed by atoms with Crippen LogP contribution in [0.2, 0.25) is 0 Å². The lowest BCUT2D eigenvalue weighted by atomic mass is 9.99. The summed E-state index contributed by atoms with van der Waals surface area (Å²) in [5.74, 6) is 0.877.